The van der Waals surface area contributed by atoms with Crippen molar-refractivity contribution in [1.29, 1.82) is 0 Å². The molecule has 6 heteroatoms. The van der Waals surface area contributed by atoms with Crippen molar-refractivity contribution >= 4 is 34.6 Å². The number of aliphatic imine (C=N–C) groups is 1. The summed E-state index contributed by atoms with van der Waals surface area (Å²) in [6.45, 7) is 0.679. The lowest BCUT2D eigenvalue weighted by Crippen LogP contribution is -2.00. The van der Waals surface area contributed by atoms with Gasteiger partial charge >= 0.3 is 0 Å². The molecule has 0 fully saturated rings. The largest absolute Gasteiger partial charge is 0.368 e. The zero-order chi connectivity index (χ0) is 18.2. The first kappa shape index (κ1) is 15.5. The predicted molar refractivity (Wildman–Crippen MR) is 108 cm³/mol. The van der Waals surface area contributed by atoms with Gasteiger partial charge in [0.15, 0.2) is 0 Å². The van der Waals surface area contributed by atoms with E-state index in [1.165, 1.54) is 5.56 Å². The number of benzene rings is 2. The molecule has 27 heavy (non-hydrogen) atoms. The third kappa shape index (κ3) is 2.87. The highest BCUT2D eigenvalue weighted by Gasteiger charge is 2.16. The average molecular weight is 352 g/mol. The Labute approximate surface area is 155 Å². The van der Waals surface area contributed by atoms with Gasteiger partial charge in [-0.25, -0.2) is 4.98 Å². The highest BCUT2D eigenvalue weighted by Crippen LogP contribution is 2.34. The lowest BCUT2D eigenvalue weighted by molar-refractivity contribution is 1.11. The van der Waals surface area contributed by atoms with Crippen LogP contribution in [0.15, 0.2) is 65.9 Å². The number of nitrogens with two attached hydrogens (primary N) is 1. The summed E-state index contributed by atoms with van der Waals surface area (Å²) in [6, 6.07) is 16.3. The number of nitrogen functional groups attached to an aromatic ring is 1. The SMILES string of the molecule is Nc1nccc(Nc2cc3c(c(-c4cnc5ccccc5c4)c2)CN=C3)n1. The van der Waals surface area contributed by atoms with Crippen molar-refractivity contribution in [2.24, 2.45) is 4.99 Å². The van der Waals surface area contributed by atoms with Crippen LogP contribution in [0.5, 0.6) is 0 Å². The molecule has 2 aromatic carbocycles. The highest BCUT2D eigenvalue weighted by atomic mass is 15.1. The number of rotatable bonds is 3. The van der Waals surface area contributed by atoms with E-state index in [1.54, 1.807) is 12.3 Å². The molecule has 0 radical (unpaired) electrons. The maximum Gasteiger partial charge on any atom is 0.221 e. The van der Waals surface area contributed by atoms with E-state index in [2.05, 4.69) is 49.5 Å². The standard InChI is InChI=1S/C21H16N6/c22-21-24-6-5-20(27-21)26-16-8-15-10-23-12-18(15)17(9-16)14-7-13-3-1-2-4-19(13)25-11-14/h1-11H,12H2,(H3,22,24,26,27). The molecule has 0 unspecified atom stereocenters. The van der Waals surface area contributed by atoms with E-state index < -0.39 is 0 Å². The van der Waals surface area contributed by atoms with E-state index in [9.17, 15) is 0 Å². The van der Waals surface area contributed by atoms with Gasteiger partial charge in [0.1, 0.15) is 5.82 Å². The molecule has 6 nitrogen and oxygen atoms in total. The Kier molecular flexibility index (Phi) is 3.53. The maximum absolute atomic E-state index is 5.68. The van der Waals surface area contributed by atoms with Crippen LogP contribution in [0.1, 0.15) is 11.1 Å². The average Bonchev–Trinajstić information content (AvgIpc) is 3.15. The Balaban J connectivity index is 1.62. The van der Waals surface area contributed by atoms with E-state index in [1.807, 2.05) is 30.6 Å². The lowest BCUT2D eigenvalue weighted by Gasteiger charge is -2.13. The fraction of sp³-hybridized carbons (Fsp3) is 0.0476. The summed E-state index contributed by atoms with van der Waals surface area (Å²) in [6.07, 6.45) is 5.46. The minimum atomic E-state index is 0.238. The molecule has 0 bridgehead atoms. The number of nitrogens with zero attached hydrogens (tertiary/aromatic N) is 4. The second-order valence-electron chi connectivity index (χ2n) is 6.40. The van der Waals surface area contributed by atoms with Crippen LogP contribution in [-0.2, 0) is 6.54 Å². The van der Waals surface area contributed by atoms with E-state index in [4.69, 9.17) is 5.73 Å². The van der Waals surface area contributed by atoms with Gasteiger partial charge in [0.05, 0.1) is 12.1 Å². The van der Waals surface area contributed by atoms with Crippen LogP contribution in [0.4, 0.5) is 17.5 Å². The molecule has 3 N–H and O–H groups in total. The third-order valence-electron chi connectivity index (χ3n) is 4.61. The minimum absolute atomic E-state index is 0.238. The van der Waals surface area contributed by atoms with Gasteiger partial charge in [0.2, 0.25) is 5.95 Å². The fourth-order valence-electron chi connectivity index (χ4n) is 3.36. The van der Waals surface area contributed by atoms with Crippen molar-refractivity contribution in [2.75, 3.05) is 11.1 Å². The molecule has 5 rings (SSSR count). The minimum Gasteiger partial charge on any atom is -0.368 e. The summed E-state index contributed by atoms with van der Waals surface area (Å²) in [7, 11) is 0. The topological polar surface area (TPSA) is 89.1 Å². The van der Waals surface area contributed by atoms with Gasteiger partial charge in [-0.15, -0.1) is 0 Å². The molecular weight excluding hydrogens is 336 g/mol. The van der Waals surface area contributed by atoms with Crippen molar-refractivity contribution in [3.8, 4) is 11.1 Å². The number of hydrogen-bond acceptors (Lipinski definition) is 6. The first-order valence-corrected chi connectivity index (χ1v) is 8.64. The zero-order valence-electron chi connectivity index (χ0n) is 14.4. The van der Waals surface area contributed by atoms with Crippen LogP contribution in [0, 0.1) is 0 Å². The number of aromatic nitrogens is 3. The molecule has 1 aliphatic heterocycles. The van der Waals surface area contributed by atoms with E-state index in [-0.39, 0.29) is 5.95 Å². The monoisotopic (exact) mass is 352 g/mol. The molecule has 130 valence electrons. The molecular formula is C21H16N6. The highest BCUT2D eigenvalue weighted by molar-refractivity contribution is 5.93. The molecule has 1 aliphatic rings. The number of anilines is 3. The van der Waals surface area contributed by atoms with Crippen LogP contribution in [0.3, 0.4) is 0 Å². The van der Waals surface area contributed by atoms with Crippen molar-refractivity contribution in [1.82, 2.24) is 15.0 Å². The summed E-state index contributed by atoms with van der Waals surface area (Å²) in [4.78, 5) is 17.2. The maximum atomic E-state index is 5.68. The molecule has 0 amide bonds. The Morgan fingerprint density at radius 1 is 1.00 bits per heavy atom. The number of fused-ring (bicyclic) bond motifs is 2. The quantitative estimate of drug-likeness (QED) is 0.583. The van der Waals surface area contributed by atoms with Crippen LogP contribution in [-0.4, -0.2) is 21.2 Å². The van der Waals surface area contributed by atoms with E-state index in [0.29, 0.717) is 12.4 Å². The molecule has 0 atom stereocenters. The molecule has 2 aromatic heterocycles. The first-order chi connectivity index (χ1) is 13.3. The number of hydrogen-bond donors (Lipinski definition) is 2. The molecule has 0 saturated heterocycles. The fourth-order valence-corrected chi connectivity index (χ4v) is 3.36. The van der Waals surface area contributed by atoms with Gasteiger partial charge in [-0.1, -0.05) is 18.2 Å². The molecule has 0 spiro atoms. The summed E-state index contributed by atoms with van der Waals surface area (Å²) in [5, 5.41) is 4.42. The van der Waals surface area contributed by atoms with E-state index in [0.717, 1.165) is 33.3 Å². The summed E-state index contributed by atoms with van der Waals surface area (Å²) >= 11 is 0. The van der Waals surface area contributed by atoms with Crippen molar-refractivity contribution in [2.45, 2.75) is 6.54 Å². The number of nitrogens with one attached hydrogen (secondary N) is 1. The van der Waals surface area contributed by atoms with Gasteiger partial charge in [-0.3, -0.25) is 9.98 Å². The van der Waals surface area contributed by atoms with Crippen LogP contribution < -0.4 is 11.1 Å². The molecule has 3 heterocycles. The lowest BCUT2D eigenvalue weighted by atomic mass is 9.96. The summed E-state index contributed by atoms with van der Waals surface area (Å²) in [5.41, 5.74) is 12.1. The molecule has 4 aromatic rings. The Morgan fingerprint density at radius 3 is 2.85 bits per heavy atom. The van der Waals surface area contributed by atoms with Crippen molar-refractivity contribution in [3.63, 3.8) is 0 Å². The number of para-hydroxylation sites is 1. The first-order valence-electron chi connectivity index (χ1n) is 8.64. The smallest absolute Gasteiger partial charge is 0.221 e. The Bertz CT molecular complexity index is 1200. The number of pyridine rings is 1. The van der Waals surface area contributed by atoms with Gasteiger partial charge < -0.3 is 11.1 Å². The van der Waals surface area contributed by atoms with Crippen molar-refractivity contribution < 1.29 is 0 Å². The predicted octanol–water partition coefficient (Wildman–Crippen LogP) is 3.95. The van der Waals surface area contributed by atoms with Crippen molar-refractivity contribution in [3.05, 3.63) is 72.1 Å². The van der Waals surface area contributed by atoms with Gasteiger partial charge in [-0.2, -0.15) is 4.98 Å². The van der Waals surface area contributed by atoms with Gasteiger partial charge in [0, 0.05) is 40.8 Å². The molecule has 0 saturated carbocycles. The summed E-state index contributed by atoms with van der Waals surface area (Å²) < 4.78 is 0. The van der Waals surface area contributed by atoms with Crippen LogP contribution in [0.2, 0.25) is 0 Å². The zero-order valence-corrected chi connectivity index (χ0v) is 14.4. The Hall–Kier alpha value is -3.80. The van der Waals surface area contributed by atoms with E-state index >= 15 is 0 Å². The third-order valence-corrected chi connectivity index (χ3v) is 4.61. The molecule has 0 aliphatic carbocycles. The Morgan fingerprint density at radius 2 is 1.93 bits per heavy atom. The van der Waals surface area contributed by atoms with Gasteiger partial charge in [0.25, 0.3) is 0 Å². The second kappa shape index (κ2) is 6.17. The van der Waals surface area contributed by atoms with Crippen LogP contribution >= 0.6 is 0 Å². The normalized spacial score (nSPS) is 12.3. The van der Waals surface area contributed by atoms with Crippen LogP contribution in [0.25, 0.3) is 22.0 Å². The van der Waals surface area contributed by atoms with Gasteiger partial charge in [-0.05, 0) is 41.5 Å². The second-order valence-corrected chi connectivity index (χ2v) is 6.40. The summed E-state index contributed by atoms with van der Waals surface area (Å²) in [5.74, 6) is 0.890.